The Morgan fingerprint density at radius 1 is 0.967 bits per heavy atom. The monoisotopic (exact) mass is 409 g/mol. The molecule has 1 rings (SSSR count). The zero-order valence-corrected chi connectivity index (χ0v) is 19.2. The summed E-state index contributed by atoms with van der Waals surface area (Å²) in [6.07, 6.45) is 19.5. The molecule has 164 valence electrons. The molecule has 0 amide bonds. The molecule has 0 heterocycles. The third kappa shape index (κ3) is 12.1. The van der Waals surface area contributed by atoms with Crippen LogP contribution in [0.4, 0.5) is 5.69 Å². The first-order valence-electron chi connectivity index (χ1n) is 11.3. The average Bonchev–Trinajstić information content (AvgIpc) is 2.72. The second-order valence-electron chi connectivity index (χ2n) is 7.53. The van der Waals surface area contributed by atoms with Gasteiger partial charge in [-0.15, -0.1) is 0 Å². The SMILES string of the molecule is CCCCCCCCNc1ccccc1C=CC(C)=CC=CC(C)=CC(=O)OCC. The number of rotatable bonds is 14. The van der Waals surface area contributed by atoms with Crippen LogP contribution in [0, 0.1) is 0 Å². The van der Waals surface area contributed by atoms with Crippen molar-refractivity contribution in [2.24, 2.45) is 0 Å². The molecule has 30 heavy (non-hydrogen) atoms. The lowest BCUT2D eigenvalue weighted by Crippen LogP contribution is -2.02. The summed E-state index contributed by atoms with van der Waals surface area (Å²) in [5.74, 6) is -0.301. The number of allylic oxidation sites excluding steroid dienone is 6. The average molecular weight is 410 g/mol. The lowest BCUT2D eigenvalue weighted by atomic mass is 10.1. The van der Waals surface area contributed by atoms with E-state index in [4.69, 9.17) is 4.74 Å². The first-order valence-corrected chi connectivity index (χ1v) is 11.3. The second-order valence-corrected chi connectivity index (χ2v) is 7.53. The lowest BCUT2D eigenvalue weighted by molar-refractivity contribution is -0.137. The van der Waals surface area contributed by atoms with Crippen molar-refractivity contribution < 1.29 is 9.53 Å². The van der Waals surface area contributed by atoms with Gasteiger partial charge in [-0.25, -0.2) is 4.79 Å². The standard InChI is InChI=1S/C27H39NO2/c1-5-7-8-9-10-13-21-28-26-18-12-11-17-25(26)20-19-23(3)15-14-16-24(4)22-27(29)30-6-2/h11-12,14-20,22,28H,5-10,13,21H2,1-4H3. The Balaban J connectivity index is 2.56. The minimum Gasteiger partial charge on any atom is -0.463 e. The third-order valence-corrected chi connectivity index (χ3v) is 4.68. The quantitative estimate of drug-likeness (QED) is 0.150. The first kappa shape index (κ1) is 25.5. The number of carbonyl (C=O) groups is 1. The van der Waals surface area contributed by atoms with Gasteiger partial charge in [0.15, 0.2) is 0 Å². The summed E-state index contributed by atoms with van der Waals surface area (Å²) in [5.41, 5.74) is 4.38. The van der Waals surface area contributed by atoms with Crippen LogP contribution < -0.4 is 5.32 Å². The van der Waals surface area contributed by atoms with Gasteiger partial charge in [-0.3, -0.25) is 0 Å². The zero-order valence-electron chi connectivity index (χ0n) is 19.2. The molecule has 0 aliphatic rings. The molecule has 3 nitrogen and oxygen atoms in total. The molecule has 1 aromatic rings. The fourth-order valence-electron chi connectivity index (χ4n) is 2.98. The number of esters is 1. The highest BCUT2D eigenvalue weighted by atomic mass is 16.5. The van der Waals surface area contributed by atoms with Crippen LogP contribution in [0.15, 0.2) is 65.8 Å². The molecule has 0 saturated heterocycles. The number of hydrogen-bond donors (Lipinski definition) is 1. The van der Waals surface area contributed by atoms with E-state index in [1.807, 2.05) is 25.2 Å². The van der Waals surface area contributed by atoms with Gasteiger partial charge in [-0.05, 0) is 44.4 Å². The summed E-state index contributed by atoms with van der Waals surface area (Å²) < 4.78 is 4.91. The number of hydrogen-bond acceptors (Lipinski definition) is 3. The minimum absolute atomic E-state index is 0.301. The summed E-state index contributed by atoms with van der Waals surface area (Å²) in [4.78, 5) is 11.4. The first-order chi connectivity index (χ1) is 14.6. The Kier molecular flexibility index (Phi) is 13.8. The zero-order chi connectivity index (χ0) is 22.0. The highest BCUT2D eigenvalue weighted by Gasteiger charge is 1.98. The van der Waals surface area contributed by atoms with Gasteiger partial charge in [0.25, 0.3) is 0 Å². The molecule has 1 N–H and O–H groups in total. The van der Waals surface area contributed by atoms with Crippen molar-refractivity contribution in [3.63, 3.8) is 0 Å². The van der Waals surface area contributed by atoms with Crippen LogP contribution in [0.3, 0.4) is 0 Å². The summed E-state index contributed by atoms with van der Waals surface area (Å²) >= 11 is 0. The number of anilines is 1. The van der Waals surface area contributed by atoms with Crippen molar-refractivity contribution >= 4 is 17.7 Å². The Morgan fingerprint density at radius 2 is 1.70 bits per heavy atom. The molecule has 0 spiro atoms. The smallest absolute Gasteiger partial charge is 0.330 e. The largest absolute Gasteiger partial charge is 0.463 e. The molecule has 0 unspecified atom stereocenters. The molecular formula is C27H39NO2. The van der Waals surface area contributed by atoms with Gasteiger partial charge < -0.3 is 10.1 Å². The van der Waals surface area contributed by atoms with Gasteiger partial charge in [-0.1, -0.05) is 93.2 Å². The maximum Gasteiger partial charge on any atom is 0.330 e. The number of unbranched alkanes of at least 4 members (excludes halogenated alkanes) is 5. The van der Waals surface area contributed by atoms with E-state index in [0.29, 0.717) is 6.61 Å². The molecule has 0 radical (unpaired) electrons. The maximum absolute atomic E-state index is 11.4. The Morgan fingerprint density at radius 3 is 2.47 bits per heavy atom. The van der Waals surface area contributed by atoms with E-state index in [9.17, 15) is 4.79 Å². The maximum atomic E-state index is 11.4. The molecule has 0 aromatic heterocycles. The number of nitrogens with one attached hydrogen (secondary N) is 1. The Labute approximate surface area is 183 Å². The van der Waals surface area contributed by atoms with Gasteiger partial charge in [0.05, 0.1) is 6.61 Å². The molecule has 3 heteroatoms. The van der Waals surface area contributed by atoms with E-state index in [-0.39, 0.29) is 5.97 Å². The van der Waals surface area contributed by atoms with Crippen LogP contribution in [0.5, 0.6) is 0 Å². The molecule has 0 atom stereocenters. The van der Waals surface area contributed by atoms with Gasteiger partial charge in [-0.2, -0.15) is 0 Å². The van der Waals surface area contributed by atoms with Crippen LogP contribution in [0.1, 0.15) is 71.8 Å². The highest BCUT2D eigenvalue weighted by molar-refractivity contribution is 5.83. The number of ether oxygens (including phenoxy) is 1. The summed E-state index contributed by atoms with van der Waals surface area (Å²) in [7, 11) is 0. The van der Waals surface area contributed by atoms with Crippen LogP contribution in [-0.2, 0) is 9.53 Å². The topological polar surface area (TPSA) is 38.3 Å². The summed E-state index contributed by atoms with van der Waals surface area (Å²) in [6, 6.07) is 8.41. The molecule has 0 bridgehead atoms. The van der Waals surface area contributed by atoms with Crippen LogP contribution in [0.2, 0.25) is 0 Å². The highest BCUT2D eigenvalue weighted by Crippen LogP contribution is 2.18. The molecule has 0 fully saturated rings. The van der Waals surface area contributed by atoms with E-state index in [0.717, 1.165) is 17.7 Å². The molecule has 0 saturated carbocycles. The normalized spacial score (nSPS) is 12.7. The van der Waals surface area contributed by atoms with Crippen molar-refractivity contribution in [1.29, 1.82) is 0 Å². The Bertz CT molecular complexity index is 741. The van der Waals surface area contributed by atoms with Crippen molar-refractivity contribution in [3.8, 4) is 0 Å². The van der Waals surface area contributed by atoms with Crippen molar-refractivity contribution in [1.82, 2.24) is 0 Å². The van der Waals surface area contributed by atoms with Gasteiger partial charge in [0.1, 0.15) is 0 Å². The van der Waals surface area contributed by atoms with Gasteiger partial charge in [0, 0.05) is 18.3 Å². The predicted molar refractivity (Wildman–Crippen MR) is 131 cm³/mol. The van der Waals surface area contributed by atoms with Crippen LogP contribution in [0.25, 0.3) is 6.08 Å². The van der Waals surface area contributed by atoms with Gasteiger partial charge >= 0.3 is 5.97 Å². The lowest BCUT2D eigenvalue weighted by Gasteiger charge is -2.09. The second kappa shape index (κ2) is 16.3. The van der Waals surface area contributed by atoms with Crippen LogP contribution in [-0.4, -0.2) is 19.1 Å². The predicted octanol–water partition coefficient (Wildman–Crippen LogP) is 7.48. The van der Waals surface area contributed by atoms with Gasteiger partial charge in [0.2, 0.25) is 0 Å². The molecular weight excluding hydrogens is 370 g/mol. The van der Waals surface area contributed by atoms with Crippen LogP contribution >= 0.6 is 0 Å². The third-order valence-electron chi connectivity index (χ3n) is 4.68. The van der Waals surface area contributed by atoms with E-state index in [1.165, 1.54) is 55.9 Å². The van der Waals surface area contributed by atoms with Crippen molar-refractivity contribution in [2.45, 2.75) is 66.2 Å². The van der Waals surface area contributed by atoms with E-state index < -0.39 is 0 Å². The van der Waals surface area contributed by atoms with Crippen molar-refractivity contribution in [3.05, 3.63) is 71.4 Å². The number of carbonyl (C=O) groups excluding carboxylic acids is 1. The Hall–Kier alpha value is -2.55. The molecule has 1 aromatic carbocycles. The number of para-hydroxylation sites is 1. The number of benzene rings is 1. The molecule has 0 aliphatic heterocycles. The fraction of sp³-hybridized carbons (Fsp3) is 0.444. The summed E-state index contributed by atoms with van der Waals surface area (Å²) in [6.45, 7) is 9.42. The van der Waals surface area contributed by atoms with E-state index in [2.05, 4.69) is 55.6 Å². The van der Waals surface area contributed by atoms with Crippen molar-refractivity contribution in [2.75, 3.05) is 18.5 Å². The van der Waals surface area contributed by atoms with E-state index >= 15 is 0 Å². The fourth-order valence-corrected chi connectivity index (χ4v) is 2.98. The summed E-state index contributed by atoms with van der Waals surface area (Å²) in [5, 5.41) is 3.58. The van der Waals surface area contributed by atoms with E-state index in [1.54, 1.807) is 6.92 Å². The molecule has 0 aliphatic carbocycles. The minimum atomic E-state index is -0.301.